The van der Waals surface area contributed by atoms with Gasteiger partial charge in [0.1, 0.15) is 0 Å². The van der Waals surface area contributed by atoms with Gasteiger partial charge in [-0.3, -0.25) is 0 Å². The van der Waals surface area contributed by atoms with Crippen LogP contribution in [0.15, 0.2) is 82.6 Å². The van der Waals surface area contributed by atoms with Gasteiger partial charge in [-0.25, -0.2) is 0 Å². The van der Waals surface area contributed by atoms with Crippen LogP contribution in [0.2, 0.25) is 0 Å². The summed E-state index contributed by atoms with van der Waals surface area (Å²) in [6, 6.07) is 25.6. The van der Waals surface area contributed by atoms with Gasteiger partial charge in [0.25, 0.3) is 0 Å². The van der Waals surface area contributed by atoms with E-state index in [2.05, 4.69) is 83.1 Å². The summed E-state index contributed by atoms with van der Waals surface area (Å²) in [6.45, 7) is 0. The van der Waals surface area contributed by atoms with E-state index in [1.165, 1.54) is 37.6 Å². The Labute approximate surface area is 138 Å². The van der Waals surface area contributed by atoms with Crippen molar-refractivity contribution in [1.29, 1.82) is 0 Å². The van der Waals surface area contributed by atoms with Crippen LogP contribution in [-0.4, -0.2) is 4.98 Å². The van der Waals surface area contributed by atoms with Crippen LogP contribution in [0.25, 0.3) is 22.2 Å². The molecule has 1 aromatic heterocycles. The number of anilines is 2. The van der Waals surface area contributed by atoms with Crippen LogP contribution in [-0.2, 0) is 0 Å². The average molecular weight is 314 g/mol. The van der Waals surface area contributed by atoms with Crippen LogP contribution < -0.4 is 5.32 Å². The first kappa shape index (κ1) is 12.9. The molecule has 0 saturated heterocycles. The molecule has 1 aliphatic rings. The smallest absolute Gasteiger partial charge is 0.0533 e. The van der Waals surface area contributed by atoms with E-state index < -0.39 is 0 Å². The number of benzene rings is 3. The number of para-hydroxylation sites is 2. The van der Waals surface area contributed by atoms with Crippen molar-refractivity contribution >= 4 is 34.0 Å². The largest absolute Gasteiger partial charge is 0.355 e. The molecule has 5 rings (SSSR count). The molecule has 3 heteroatoms. The maximum Gasteiger partial charge on any atom is 0.0533 e. The van der Waals surface area contributed by atoms with E-state index in [0.717, 1.165) is 5.69 Å². The SMILES string of the molecule is c1ccc2c(c1)Nc1cc(-c3cc4ccccc4[nH]3)ccc1S2. The Bertz CT molecular complexity index is 1000. The topological polar surface area (TPSA) is 27.8 Å². The number of hydrogen-bond donors (Lipinski definition) is 2. The normalized spacial score (nSPS) is 12.5. The number of rotatable bonds is 1. The highest BCUT2D eigenvalue weighted by Gasteiger charge is 2.16. The van der Waals surface area contributed by atoms with Gasteiger partial charge < -0.3 is 10.3 Å². The molecule has 0 atom stereocenters. The summed E-state index contributed by atoms with van der Waals surface area (Å²) >= 11 is 1.82. The van der Waals surface area contributed by atoms with Crippen molar-refractivity contribution in [3.63, 3.8) is 0 Å². The highest BCUT2D eigenvalue weighted by Crippen LogP contribution is 2.45. The molecule has 2 nitrogen and oxygen atoms in total. The van der Waals surface area contributed by atoms with Gasteiger partial charge >= 0.3 is 0 Å². The summed E-state index contributed by atoms with van der Waals surface area (Å²) in [5.74, 6) is 0. The Kier molecular flexibility index (Phi) is 2.76. The van der Waals surface area contributed by atoms with Gasteiger partial charge in [-0.2, -0.15) is 0 Å². The molecule has 0 unspecified atom stereocenters. The van der Waals surface area contributed by atoms with Gasteiger partial charge in [0.15, 0.2) is 0 Å². The lowest BCUT2D eigenvalue weighted by Gasteiger charge is -2.21. The number of fused-ring (bicyclic) bond motifs is 3. The second kappa shape index (κ2) is 4.93. The zero-order chi connectivity index (χ0) is 15.2. The quantitative estimate of drug-likeness (QED) is 0.394. The molecule has 3 aromatic carbocycles. The summed E-state index contributed by atoms with van der Waals surface area (Å²) in [5, 5.41) is 4.79. The van der Waals surface area contributed by atoms with E-state index >= 15 is 0 Å². The van der Waals surface area contributed by atoms with Gasteiger partial charge in [0, 0.05) is 32.0 Å². The summed E-state index contributed by atoms with van der Waals surface area (Å²) < 4.78 is 0. The van der Waals surface area contributed by atoms with Crippen molar-refractivity contribution < 1.29 is 0 Å². The molecule has 1 aliphatic heterocycles. The van der Waals surface area contributed by atoms with Gasteiger partial charge in [-0.05, 0) is 36.4 Å². The highest BCUT2D eigenvalue weighted by atomic mass is 32.2. The maximum absolute atomic E-state index is 3.55. The van der Waals surface area contributed by atoms with Gasteiger partial charge in [-0.1, -0.05) is 48.2 Å². The molecular formula is C20H14N2S. The lowest BCUT2D eigenvalue weighted by molar-refractivity contribution is 1.31. The zero-order valence-electron chi connectivity index (χ0n) is 12.3. The third kappa shape index (κ3) is 2.13. The summed E-state index contributed by atoms with van der Waals surface area (Å²) in [7, 11) is 0. The molecule has 2 N–H and O–H groups in total. The fraction of sp³-hybridized carbons (Fsp3) is 0. The number of aromatic amines is 1. The molecule has 0 fully saturated rings. The third-order valence-electron chi connectivity index (χ3n) is 4.20. The van der Waals surface area contributed by atoms with E-state index in [-0.39, 0.29) is 0 Å². The van der Waals surface area contributed by atoms with E-state index in [1.54, 1.807) is 0 Å². The summed E-state index contributed by atoms with van der Waals surface area (Å²) in [4.78, 5) is 6.05. The first-order valence-electron chi connectivity index (χ1n) is 7.63. The van der Waals surface area contributed by atoms with E-state index in [0.29, 0.717) is 0 Å². The van der Waals surface area contributed by atoms with Crippen LogP contribution in [0.1, 0.15) is 0 Å². The Morgan fingerprint density at radius 2 is 1.52 bits per heavy atom. The Hall–Kier alpha value is -2.65. The predicted molar refractivity (Wildman–Crippen MR) is 97.6 cm³/mol. The van der Waals surface area contributed by atoms with Crippen molar-refractivity contribution in [3.05, 3.63) is 72.8 Å². The molecule has 0 amide bonds. The Morgan fingerprint density at radius 1 is 0.696 bits per heavy atom. The Balaban J connectivity index is 1.59. The van der Waals surface area contributed by atoms with Gasteiger partial charge in [0.05, 0.1) is 11.4 Å². The first-order valence-corrected chi connectivity index (χ1v) is 8.44. The minimum absolute atomic E-state index is 1.15. The van der Waals surface area contributed by atoms with E-state index in [1.807, 2.05) is 11.8 Å². The summed E-state index contributed by atoms with van der Waals surface area (Å²) in [5.41, 5.74) is 5.88. The maximum atomic E-state index is 3.55. The van der Waals surface area contributed by atoms with Crippen LogP contribution in [0, 0.1) is 0 Å². The van der Waals surface area contributed by atoms with Crippen LogP contribution in [0.4, 0.5) is 11.4 Å². The molecule has 0 bridgehead atoms. The van der Waals surface area contributed by atoms with Gasteiger partial charge in [-0.15, -0.1) is 0 Å². The monoisotopic (exact) mass is 314 g/mol. The van der Waals surface area contributed by atoms with Crippen molar-refractivity contribution in [2.75, 3.05) is 5.32 Å². The number of aromatic nitrogens is 1. The molecule has 0 radical (unpaired) electrons. The van der Waals surface area contributed by atoms with Crippen molar-refractivity contribution in [2.24, 2.45) is 0 Å². The fourth-order valence-electron chi connectivity index (χ4n) is 3.04. The van der Waals surface area contributed by atoms with E-state index in [4.69, 9.17) is 0 Å². The average Bonchev–Trinajstić information content (AvgIpc) is 3.03. The lowest BCUT2D eigenvalue weighted by Crippen LogP contribution is -1.99. The molecule has 110 valence electrons. The molecule has 2 heterocycles. The molecule has 0 saturated carbocycles. The molecule has 4 aromatic rings. The predicted octanol–water partition coefficient (Wildman–Crippen LogP) is 6.04. The zero-order valence-corrected chi connectivity index (χ0v) is 13.2. The fourth-order valence-corrected chi connectivity index (χ4v) is 4.00. The minimum Gasteiger partial charge on any atom is -0.355 e. The molecule has 23 heavy (non-hydrogen) atoms. The minimum atomic E-state index is 1.15. The van der Waals surface area contributed by atoms with Gasteiger partial charge in [0.2, 0.25) is 0 Å². The van der Waals surface area contributed by atoms with Crippen LogP contribution in [0.5, 0.6) is 0 Å². The first-order chi connectivity index (χ1) is 11.4. The van der Waals surface area contributed by atoms with Crippen molar-refractivity contribution in [2.45, 2.75) is 9.79 Å². The number of nitrogens with one attached hydrogen (secondary N) is 2. The van der Waals surface area contributed by atoms with Crippen LogP contribution in [0.3, 0.4) is 0 Å². The lowest BCUT2D eigenvalue weighted by atomic mass is 10.1. The van der Waals surface area contributed by atoms with Crippen LogP contribution >= 0.6 is 11.8 Å². The second-order valence-electron chi connectivity index (χ2n) is 5.70. The molecule has 0 aliphatic carbocycles. The second-order valence-corrected chi connectivity index (χ2v) is 6.79. The van der Waals surface area contributed by atoms with Crippen molar-refractivity contribution in [3.8, 4) is 11.3 Å². The number of H-pyrrole nitrogens is 1. The molecule has 0 spiro atoms. The summed E-state index contributed by atoms with van der Waals surface area (Å²) in [6.07, 6.45) is 0. The Morgan fingerprint density at radius 3 is 2.48 bits per heavy atom. The van der Waals surface area contributed by atoms with E-state index in [9.17, 15) is 0 Å². The number of hydrogen-bond acceptors (Lipinski definition) is 2. The highest BCUT2D eigenvalue weighted by molar-refractivity contribution is 7.99. The third-order valence-corrected chi connectivity index (χ3v) is 5.35. The molecular weight excluding hydrogens is 300 g/mol. The van der Waals surface area contributed by atoms with Crippen molar-refractivity contribution in [1.82, 2.24) is 4.98 Å². The standard InChI is InChI=1S/C20H14N2S/c1-2-6-15-13(5-1)11-17(21-15)14-9-10-20-18(12-14)22-16-7-3-4-8-19(16)23-20/h1-12,21-22H.